The second kappa shape index (κ2) is 10.8. The average Bonchev–Trinajstić information content (AvgIpc) is 2.72. The minimum atomic E-state index is 0.268. The predicted molar refractivity (Wildman–Crippen MR) is 110 cm³/mol. The summed E-state index contributed by atoms with van der Waals surface area (Å²) in [6.45, 7) is 10.6. The molecule has 2 saturated heterocycles. The zero-order valence-corrected chi connectivity index (χ0v) is 17.6. The number of carbonyl (C=O) groups excluding carboxylic acids is 1. The van der Waals surface area contributed by atoms with Crippen LogP contribution in [0.1, 0.15) is 71.6 Å². The summed E-state index contributed by atoms with van der Waals surface area (Å²) in [6, 6.07) is 1.94. The summed E-state index contributed by atoms with van der Waals surface area (Å²) >= 11 is 0. The van der Waals surface area contributed by atoms with Crippen LogP contribution in [0.2, 0.25) is 0 Å². The Bertz CT molecular complexity index is 437. The van der Waals surface area contributed by atoms with Crippen molar-refractivity contribution in [2.45, 2.75) is 89.8 Å². The first-order valence-electron chi connectivity index (χ1n) is 11.5. The zero-order valence-electron chi connectivity index (χ0n) is 17.6. The quantitative estimate of drug-likeness (QED) is 0.738. The highest BCUT2D eigenvalue weighted by atomic mass is 16.5. The minimum absolute atomic E-state index is 0.268. The van der Waals surface area contributed by atoms with Crippen LogP contribution < -0.4 is 5.32 Å². The number of likely N-dealkylation sites (tertiary alicyclic amines) is 1. The van der Waals surface area contributed by atoms with Gasteiger partial charge in [-0.05, 0) is 65.5 Å². The van der Waals surface area contributed by atoms with Crippen molar-refractivity contribution in [1.29, 1.82) is 0 Å². The maximum atomic E-state index is 12.5. The van der Waals surface area contributed by atoms with E-state index >= 15 is 0 Å². The molecule has 0 radical (unpaired) electrons. The van der Waals surface area contributed by atoms with E-state index in [1.165, 1.54) is 45.2 Å². The smallest absolute Gasteiger partial charge is 0.223 e. The molecular formula is C22H41N3O2. The van der Waals surface area contributed by atoms with Crippen LogP contribution in [0, 0.1) is 5.92 Å². The standard InChI is InChI=1S/C22H41N3O2/c1-18(2)24-13-8-20(9-14-24)25(21-10-16-27-17-11-21)15-12-23-22(26)19-6-4-3-5-7-19/h18-21H,3-17H2,1-2H3,(H,23,26). The van der Waals surface area contributed by atoms with E-state index in [9.17, 15) is 4.79 Å². The zero-order chi connectivity index (χ0) is 19.1. The molecule has 27 heavy (non-hydrogen) atoms. The van der Waals surface area contributed by atoms with E-state index in [1.54, 1.807) is 0 Å². The highest BCUT2D eigenvalue weighted by Gasteiger charge is 2.31. The molecule has 0 bridgehead atoms. The van der Waals surface area contributed by atoms with Gasteiger partial charge in [0.25, 0.3) is 0 Å². The maximum absolute atomic E-state index is 12.5. The molecule has 0 spiro atoms. The van der Waals surface area contributed by atoms with Crippen LogP contribution in [0.15, 0.2) is 0 Å². The Hall–Kier alpha value is -0.650. The summed E-state index contributed by atoms with van der Waals surface area (Å²) < 4.78 is 5.60. The molecule has 3 aliphatic rings. The number of amides is 1. The summed E-state index contributed by atoms with van der Waals surface area (Å²) in [5.41, 5.74) is 0. The van der Waals surface area contributed by atoms with Crippen molar-refractivity contribution in [2.75, 3.05) is 39.4 Å². The van der Waals surface area contributed by atoms with Gasteiger partial charge >= 0.3 is 0 Å². The van der Waals surface area contributed by atoms with Gasteiger partial charge in [0.2, 0.25) is 5.91 Å². The molecule has 0 aromatic rings. The topological polar surface area (TPSA) is 44.8 Å². The van der Waals surface area contributed by atoms with E-state index in [4.69, 9.17) is 4.74 Å². The van der Waals surface area contributed by atoms with Crippen LogP contribution in [0.5, 0.6) is 0 Å². The first kappa shape index (κ1) is 21.1. The van der Waals surface area contributed by atoms with Gasteiger partial charge in [-0.15, -0.1) is 0 Å². The van der Waals surface area contributed by atoms with Gasteiger partial charge in [-0.1, -0.05) is 19.3 Å². The molecule has 156 valence electrons. The molecule has 2 heterocycles. The summed E-state index contributed by atoms with van der Waals surface area (Å²) in [4.78, 5) is 17.8. The Morgan fingerprint density at radius 1 is 1.00 bits per heavy atom. The number of nitrogens with one attached hydrogen (secondary N) is 1. The highest BCUT2D eigenvalue weighted by Crippen LogP contribution is 2.25. The molecule has 0 unspecified atom stereocenters. The van der Waals surface area contributed by atoms with Crippen LogP contribution in [-0.4, -0.2) is 73.2 Å². The Morgan fingerprint density at radius 2 is 1.63 bits per heavy atom. The molecule has 1 aliphatic carbocycles. The third kappa shape index (κ3) is 6.16. The number of piperidine rings is 1. The molecule has 0 aromatic carbocycles. The fourth-order valence-electron chi connectivity index (χ4n) is 5.23. The average molecular weight is 380 g/mol. The largest absolute Gasteiger partial charge is 0.381 e. The molecule has 5 heteroatoms. The third-order valence-corrected chi connectivity index (χ3v) is 7.00. The second-order valence-corrected chi connectivity index (χ2v) is 9.07. The normalized spacial score (nSPS) is 24.6. The Balaban J connectivity index is 1.50. The lowest BCUT2D eigenvalue weighted by Gasteiger charge is -2.44. The molecule has 3 fully saturated rings. The fraction of sp³-hybridized carbons (Fsp3) is 0.955. The number of hydrogen-bond acceptors (Lipinski definition) is 4. The van der Waals surface area contributed by atoms with Gasteiger partial charge in [0, 0.05) is 50.3 Å². The van der Waals surface area contributed by atoms with Crippen molar-refractivity contribution < 1.29 is 9.53 Å². The van der Waals surface area contributed by atoms with Crippen LogP contribution >= 0.6 is 0 Å². The predicted octanol–water partition coefficient (Wildman–Crippen LogP) is 3.04. The van der Waals surface area contributed by atoms with Gasteiger partial charge in [0.1, 0.15) is 0 Å². The molecular weight excluding hydrogens is 338 g/mol. The van der Waals surface area contributed by atoms with Crippen molar-refractivity contribution in [2.24, 2.45) is 5.92 Å². The number of hydrogen-bond donors (Lipinski definition) is 1. The highest BCUT2D eigenvalue weighted by molar-refractivity contribution is 5.78. The van der Waals surface area contributed by atoms with Gasteiger partial charge in [0.15, 0.2) is 0 Å². The molecule has 5 nitrogen and oxygen atoms in total. The van der Waals surface area contributed by atoms with Crippen molar-refractivity contribution >= 4 is 5.91 Å². The van der Waals surface area contributed by atoms with E-state index in [-0.39, 0.29) is 5.92 Å². The molecule has 3 rings (SSSR count). The lowest BCUT2D eigenvalue weighted by Crippen LogP contribution is -2.53. The third-order valence-electron chi connectivity index (χ3n) is 7.00. The van der Waals surface area contributed by atoms with Crippen LogP contribution in [0.4, 0.5) is 0 Å². The second-order valence-electron chi connectivity index (χ2n) is 9.07. The Morgan fingerprint density at radius 3 is 2.26 bits per heavy atom. The first-order valence-corrected chi connectivity index (χ1v) is 11.5. The van der Waals surface area contributed by atoms with Crippen molar-refractivity contribution in [3.05, 3.63) is 0 Å². The minimum Gasteiger partial charge on any atom is -0.381 e. The number of rotatable bonds is 7. The number of carbonyl (C=O) groups is 1. The Labute approximate surface area is 166 Å². The molecule has 1 saturated carbocycles. The first-order chi connectivity index (χ1) is 13.1. The van der Waals surface area contributed by atoms with E-state index in [1.807, 2.05) is 0 Å². The van der Waals surface area contributed by atoms with Crippen LogP contribution in [-0.2, 0) is 9.53 Å². The molecule has 0 atom stereocenters. The van der Waals surface area contributed by atoms with Gasteiger partial charge in [-0.25, -0.2) is 0 Å². The fourth-order valence-corrected chi connectivity index (χ4v) is 5.23. The van der Waals surface area contributed by atoms with Gasteiger partial charge in [-0.3, -0.25) is 9.69 Å². The summed E-state index contributed by atoms with van der Waals surface area (Å²) in [6.07, 6.45) is 10.7. The van der Waals surface area contributed by atoms with E-state index in [2.05, 4.69) is 29.0 Å². The van der Waals surface area contributed by atoms with Crippen LogP contribution in [0.25, 0.3) is 0 Å². The number of nitrogens with zero attached hydrogens (tertiary/aromatic N) is 2. The van der Waals surface area contributed by atoms with Crippen molar-refractivity contribution in [3.63, 3.8) is 0 Å². The Kier molecular flexibility index (Phi) is 8.41. The van der Waals surface area contributed by atoms with E-state index < -0.39 is 0 Å². The van der Waals surface area contributed by atoms with Gasteiger partial charge < -0.3 is 15.0 Å². The lowest BCUT2D eigenvalue weighted by molar-refractivity contribution is -0.126. The van der Waals surface area contributed by atoms with Crippen LogP contribution in [0.3, 0.4) is 0 Å². The molecule has 2 aliphatic heterocycles. The lowest BCUT2D eigenvalue weighted by atomic mass is 9.89. The van der Waals surface area contributed by atoms with Gasteiger partial charge in [0.05, 0.1) is 0 Å². The van der Waals surface area contributed by atoms with Crippen molar-refractivity contribution in [3.8, 4) is 0 Å². The van der Waals surface area contributed by atoms with Gasteiger partial charge in [-0.2, -0.15) is 0 Å². The monoisotopic (exact) mass is 379 g/mol. The number of ether oxygens (including phenoxy) is 1. The van der Waals surface area contributed by atoms with E-state index in [0.717, 1.165) is 52.0 Å². The van der Waals surface area contributed by atoms with E-state index in [0.29, 0.717) is 24.0 Å². The summed E-state index contributed by atoms with van der Waals surface area (Å²) in [7, 11) is 0. The maximum Gasteiger partial charge on any atom is 0.223 e. The molecule has 1 N–H and O–H groups in total. The summed E-state index contributed by atoms with van der Waals surface area (Å²) in [5, 5.41) is 3.27. The summed E-state index contributed by atoms with van der Waals surface area (Å²) in [5.74, 6) is 0.570. The van der Waals surface area contributed by atoms with Crippen molar-refractivity contribution in [1.82, 2.24) is 15.1 Å². The molecule has 0 aromatic heterocycles. The molecule has 1 amide bonds. The SMILES string of the molecule is CC(C)N1CCC(N(CCNC(=O)C2CCCCC2)C2CCOCC2)CC1.